The van der Waals surface area contributed by atoms with Gasteiger partial charge in [0.15, 0.2) is 0 Å². The molecule has 5 heteroatoms. The van der Waals surface area contributed by atoms with Crippen molar-refractivity contribution in [3.05, 3.63) is 11.1 Å². The molecule has 0 atom stereocenters. The number of carboxylic acids is 1. The largest absolute Gasteiger partial charge is 0.478 e. The highest BCUT2D eigenvalue weighted by molar-refractivity contribution is 7.99. The quantitative estimate of drug-likeness (QED) is 0.736. The first kappa shape index (κ1) is 13.1. The van der Waals surface area contributed by atoms with Gasteiger partial charge in [0.05, 0.1) is 0 Å². The highest BCUT2D eigenvalue weighted by Crippen LogP contribution is 2.17. The molecule has 0 aromatic heterocycles. The molecule has 1 fully saturated rings. The Hall–Kier alpha value is -0.970. The van der Waals surface area contributed by atoms with Crippen molar-refractivity contribution in [1.29, 1.82) is 0 Å². The van der Waals surface area contributed by atoms with Gasteiger partial charge in [-0.2, -0.15) is 11.8 Å². The van der Waals surface area contributed by atoms with Crippen molar-refractivity contribution in [3.8, 4) is 0 Å². The van der Waals surface area contributed by atoms with Crippen LogP contribution in [0.5, 0.6) is 0 Å². The summed E-state index contributed by atoms with van der Waals surface area (Å²) >= 11 is 1.89. The molecule has 0 saturated carbocycles. The van der Waals surface area contributed by atoms with Crippen LogP contribution >= 0.6 is 11.8 Å². The van der Waals surface area contributed by atoms with Crippen molar-refractivity contribution in [2.75, 3.05) is 11.5 Å². The molecule has 0 aromatic rings. The van der Waals surface area contributed by atoms with Crippen LogP contribution in [0.2, 0.25) is 0 Å². The number of aliphatic carboxylic acids is 1. The van der Waals surface area contributed by atoms with E-state index >= 15 is 0 Å². The number of hydrogen-bond acceptors (Lipinski definition) is 3. The number of nitrogens with one attached hydrogen (secondary N) is 1. The van der Waals surface area contributed by atoms with E-state index < -0.39 is 5.97 Å². The number of thioether (sulfide) groups is 1. The predicted molar refractivity (Wildman–Crippen MR) is 64.5 cm³/mol. The van der Waals surface area contributed by atoms with Crippen molar-refractivity contribution in [1.82, 2.24) is 5.32 Å². The van der Waals surface area contributed by atoms with E-state index in [1.165, 1.54) is 6.92 Å². The summed E-state index contributed by atoms with van der Waals surface area (Å²) in [6.45, 7) is 3.00. The maximum atomic E-state index is 11.7. The average molecular weight is 243 g/mol. The van der Waals surface area contributed by atoms with Crippen molar-refractivity contribution >= 4 is 23.6 Å². The van der Waals surface area contributed by atoms with E-state index in [2.05, 4.69) is 5.32 Å². The second-order valence-corrected chi connectivity index (χ2v) is 5.14. The van der Waals surface area contributed by atoms with Gasteiger partial charge in [-0.3, -0.25) is 4.79 Å². The standard InChI is InChI=1S/C11H17NO3S/c1-7(8(2)11(14)15)10(13)12-9-3-5-16-6-4-9/h9H,3-6H2,1-2H3,(H,12,13)(H,14,15). The minimum Gasteiger partial charge on any atom is -0.478 e. The first-order valence-electron chi connectivity index (χ1n) is 5.31. The third-order valence-electron chi connectivity index (χ3n) is 2.78. The van der Waals surface area contributed by atoms with Crippen LogP contribution in [0.3, 0.4) is 0 Å². The van der Waals surface area contributed by atoms with E-state index in [9.17, 15) is 9.59 Å². The molecule has 1 saturated heterocycles. The molecule has 1 aliphatic rings. The SMILES string of the molecule is CC(C(=O)O)=C(C)C(=O)NC1CCSCC1. The van der Waals surface area contributed by atoms with Crippen molar-refractivity contribution in [2.24, 2.45) is 0 Å². The van der Waals surface area contributed by atoms with E-state index in [-0.39, 0.29) is 17.5 Å². The van der Waals surface area contributed by atoms with Gasteiger partial charge in [-0.15, -0.1) is 0 Å². The highest BCUT2D eigenvalue weighted by Gasteiger charge is 2.18. The Morgan fingerprint density at radius 3 is 2.25 bits per heavy atom. The van der Waals surface area contributed by atoms with Crippen LogP contribution in [0.4, 0.5) is 0 Å². The molecule has 0 aromatic carbocycles. The molecule has 2 N–H and O–H groups in total. The van der Waals surface area contributed by atoms with Gasteiger partial charge in [0.2, 0.25) is 5.91 Å². The van der Waals surface area contributed by atoms with E-state index in [0.717, 1.165) is 24.3 Å². The van der Waals surface area contributed by atoms with Gasteiger partial charge >= 0.3 is 5.97 Å². The highest BCUT2D eigenvalue weighted by atomic mass is 32.2. The predicted octanol–water partition coefficient (Wildman–Crippen LogP) is 1.42. The van der Waals surface area contributed by atoms with Crippen LogP contribution in [-0.4, -0.2) is 34.5 Å². The summed E-state index contributed by atoms with van der Waals surface area (Å²) in [6.07, 6.45) is 1.94. The molecule has 90 valence electrons. The van der Waals surface area contributed by atoms with Crippen molar-refractivity contribution < 1.29 is 14.7 Å². The number of carbonyl (C=O) groups is 2. The van der Waals surface area contributed by atoms with Gasteiger partial charge in [-0.05, 0) is 38.2 Å². The summed E-state index contributed by atoms with van der Waals surface area (Å²) in [5, 5.41) is 11.6. The Morgan fingerprint density at radius 2 is 1.75 bits per heavy atom. The molecular formula is C11H17NO3S. The van der Waals surface area contributed by atoms with Crippen molar-refractivity contribution in [3.63, 3.8) is 0 Å². The summed E-state index contributed by atoms with van der Waals surface area (Å²) < 4.78 is 0. The first-order chi connectivity index (χ1) is 7.52. The Labute approximate surface area is 99.5 Å². The monoisotopic (exact) mass is 243 g/mol. The summed E-state index contributed by atoms with van der Waals surface area (Å²) in [6, 6.07) is 0.199. The normalized spacial score (nSPS) is 18.9. The van der Waals surface area contributed by atoms with E-state index in [1.54, 1.807) is 6.92 Å². The Bertz CT molecular complexity index is 319. The molecule has 0 bridgehead atoms. The van der Waals surface area contributed by atoms with Crippen LogP contribution < -0.4 is 5.32 Å². The lowest BCUT2D eigenvalue weighted by Crippen LogP contribution is -2.38. The molecule has 0 spiro atoms. The summed E-state index contributed by atoms with van der Waals surface area (Å²) in [7, 11) is 0. The number of amides is 1. The Balaban J connectivity index is 2.57. The second kappa shape index (κ2) is 5.94. The smallest absolute Gasteiger partial charge is 0.331 e. The lowest BCUT2D eigenvalue weighted by atomic mass is 10.1. The van der Waals surface area contributed by atoms with Crippen molar-refractivity contribution in [2.45, 2.75) is 32.7 Å². The fourth-order valence-corrected chi connectivity index (χ4v) is 2.57. The number of rotatable bonds is 3. The number of carbonyl (C=O) groups excluding carboxylic acids is 1. The zero-order valence-corrected chi connectivity index (χ0v) is 10.4. The molecule has 1 heterocycles. The van der Waals surface area contributed by atoms with Crippen LogP contribution in [0, 0.1) is 0 Å². The van der Waals surface area contributed by atoms with Crippen LogP contribution in [0.1, 0.15) is 26.7 Å². The van der Waals surface area contributed by atoms with Crippen LogP contribution in [0.25, 0.3) is 0 Å². The maximum Gasteiger partial charge on any atom is 0.331 e. The molecule has 0 radical (unpaired) electrons. The molecule has 0 aliphatic carbocycles. The van der Waals surface area contributed by atoms with Crippen LogP contribution in [0.15, 0.2) is 11.1 Å². The van der Waals surface area contributed by atoms with Gasteiger partial charge in [0, 0.05) is 17.2 Å². The zero-order valence-electron chi connectivity index (χ0n) is 9.58. The fourth-order valence-electron chi connectivity index (χ4n) is 1.47. The van der Waals surface area contributed by atoms with Gasteiger partial charge in [0.1, 0.15) is 0 Å². The molecular weight excluding hydrogens is 226 g/mol. The number of hydrogen-bond donors (Lipinski definition) is 2. The zero-order chi connectivity index (χ0) is 12.1. The maximum absolute atomic E-state index is 11.7. The summed E-state index contributed by atoms with van der Waals surface area (Å²) in [5.41, 5.74) is 0.411. The second-order valence-electron chi connectivity index (χ2n) is 3.92. The Morgan fingerprint density at radius 1 is 1.19 bits per heavy atom. The molecule has 0 unspecified atom stereocenters. The topological polar surface area (TPSA) is 66.4 Å². The molecule has 4 nitrogen and oxygen atoms in total. The minimum atomic E-state index is -1.04. The lowest BCUT2D eigenvalue weighted by Gasteiger charge is -2.22. The third kappa shape index (κ3) is 3.56. The van der Waals surface area contributed by atoms with Crippen LogP contribution in [-0.2, 0) is 9.59 Å². The molecule has 1 amide bonds. The van der Waals surface area contributed by atoms with Gasteiger partial charge in [-0.25, -0.2) is 4.79 Å². The van der Waals surface area contributed by atoms with Gasteiger partial charge in [-0.1, -0.05) is 0 Å². The molecule has 16 heavy (non-hydrogen) atoms. The van der Waals surface area contributed by atoms with Gasteiger partial charge < -0.3 is 10.4 Å². The van der Waals surface area contributed by atoms with E-state index in [4.69, 9.17) is 5.11 Å². The molecule has 1 aliphatic heterocycles. The molecule has 1 rings (SSSR count). The lowest BCUT2D eigenvalue weighted by molar-refractivity contribution is -0.133. The summed E-state index contributed by atoms with van der Waals surface area (Å²) in [4.78, 5) is 22.4. The Kier molecular flexibility index (Phi) is 4.86. The van der Waals surface area contributed by atoms with E-state index in [1.807, 2.05) is 11.8 Å². The fraction of sp³-hybridized carbons (Fsp3) is 0.636. The van der Waals surface area contributed by atoms with Gasteiger partial charge in [0.25, 0.3) is 0 Å². The third-order valence-corrected chi connectivity index (χ3v) is 3.83. The minimum absolute atomic E-state index is 0.114. The van der Waals surface area contributed by atoms with E-state index in [0.29, 0.717) is 5.57 Å². The average Bonchev–Trinajstić information content (AvgIpc) is 2.28. The summed E-state index contributed by atoms with van der Waals surface area (Å²) in [5.74, 6) is 0.834. The first-order valence-corrected chi connectivity index (χ1v) is 6.47. The number of carboxylic acid groups (broad SMARTS) is 1.